The number of hydrogen-bond acceptors (Lipinski definition) is 5. The van der Waals surface area contributed by atoms with Crippen LogP contribution in [0, 0.1) is 0 Å². The number of pyridine rings is 1. The highest BCUT2D eigenvalue weighted by atomic mass is 16.4. The quantitative estimate of drug-likeness (QED) is 0.734. The fraction of sp³-hybridized carbons (Fsp3) is 0.316. The minimum absolute atomic E-state index is 0.480. The standard InChI is InChI=1S/C19H20N5O/c1-24(2)16-8-3-7-15(12-16)19(9-5-11-21-19)18-23-22-17(25-18)14-6-4-10-20-13-14/h3-4,6-8,10,12-13H,5,9,11H2,1-2H3. The highest BCUT2D eigenvalue weighted by molar-refractivity contribution is 5.52. The molecule has 1 atom stereocenters. The van der Waals surface area contributed by atoms with E-state index in [1.165, 1.54) is 0 Å². The van der Waals surface area contributed by atoms with E-state index in [0.29, 0.717) is 11.8 Å². The van der Waals surface area contributed by atoms with Crippen molar-refractivity contribution in [3.63, 3.8) is 0 Å². The highest BCUT2D eigenvalue weighted by Gasteiger charge is 2.43. The van der Waals surface area contributed by atoms with Gasteiger partial charge < -0.3 is 9.32 Å². The van der Waals surface area contributed by atoms with Gasteiger partial charge in [-0.25, -0.2) is 5.32 Å². The number of rotatable bonds is 4. The van der Waals surface area contributed by atoms with E-state index < -0.39 is 5.54 Å². The molecule has 1 aliphatic rings. The fourth-order valence-corrected chi connectivity index (χ4v) is 3.26. The first-order chi connectivity index (χ1) is 12.2. The number of benzene rings is 1. The Morgan fingerprint density at radius 3 is 2.76 bits per heavy atom. The van der Waals surface area contributed by atoms with Crippen LogP contribution in [0.15, 0.2) is 53.2 Å². The Kier molecular flexibility index (Phi) is 3.97. The molecule has 1 saturated heterocycles. The second-order valence-electron chi connectivity index (χ2n) is 6.44. The summed E-state index contributed by atoms with van der Waals surface area (Å²) in [7, 11) is 4.07. The second kappa shape index (κ2) is 6.29. The van der Waals surface area contributed by atoms with Crippen molar-refractivity contribution in [2.45, 2.75) is 18.4 Å². The molecule has 1 aliphatic heterocycles. The van der Waals surface area contributed by atoms with Gasteiger partial charge in [-0.15, -0.1) is 10.2 Å². The van der Waals surface area contributed by atoms with Crippen LogP contribution in [0.5, 0.6) is 0 Å². The summed E-state index contributed by atoms with van der Waals surface area (Å²) in [6.07, 6.45) is 5.33. The van der Waals surface area contributed by atoms with Gasteiger partial charge in [0.05, 0.1) is 5.56 Å². The van der Waals surface area contributed by atoms with E-state index in [0.717, 1.165) is 36.2 Å². The molecule has 1 aromatic carbocycles. The van der Waals surface area contributed by atoms with Gasteiger partial charge in [0.15, 0.2) is 0 Å². The summed E-state index contributed by atoms with van der Waals surface area (Å²) in [6.45, 7) is 0.802. The molecule has 0 spiro atoms. The molecule has 0 N–H and O–H groups in total. The van der Waals surface area contributed by atoms with Crippen LogP contribution in [0.2, 0.25) is 0 Å². The average Bonchev–Trinajstić information content (AvgIpc) is 3.33. The van der Waals surface area contributed by atoms with Crippen LogP contribution in [-0.2, 0) is 5.54 Å². The molecule has 3 heterocycles. The Hall–Kier alpha value is -2.73. The molecular weight excluding hydrogens is 314 g/mol. The van der Waals surface area contributed by atoms with Crippen molar-refractivity contribution in [1.29, 1.82) is 0 Å². The molecule has 0 bridgehead atoms. The zero-order valence-corrected chi connectivity index (χ0v) is 14.4. The Morgan fingerprint density at radius 2 is 2.04 bits per heavy atom. The lowest BCUT2D eigenvalue weighted by Crippen LogP contribution is -2.33. The summed E-state index contributed by atoms with van der Waals surface area (Å²) in [5.74, 6) is 1.04. The predicted molar refractivity (Wildman–Crippen MR) is 95.3 cm³/mol. The molecule has 0 saturated carbocycles. The van der Waals surface area contributed by atoms with Crippen molar-refractivity contribution < 1.29 is 4.42 Å². The fourth-order valence-electron chi connectivity index (χ4n) is 3.26. The smallest absolute Gasteiger partial charge is 0.249 e. The van der Waals surface area contributed by atoms with Gasteiger partial charge in [-0.3, -0.25) is 4.98 Å². The van der Waals surface area contributed by atoms with Crippen molar-refractivity contribution >= 4 is 5.69 Å². The first-order valence-corrected chi connectivity index (χ1v) is 8.40. The molecule has 1 fully saturated rings. The first kappa shape index (κ1) is 15.8. The minimum Gasteiger partial charge on any atom is -0.418 e. The number of nitrogens with zero attached hydrogens (tertiary/aromatic N) is 5. The van der Waals surface area contributed by atoms with Gasteiger partial charge >= 0.3 is 0 Å². The molecule has 6 heteroatoms. The van der Waals surface area contributed by atoms with Gasteiger partial charge in [0.25, 0.3) is 0 Å². The molecule has 25 heavy (non-hydrogen) atoms. The van der Waals surface area contributed by atoms with E-state index in [-0.39, 0.29) is 0 Å². The highest BCUT2D eigenvalue weighted by Crippen LogP contribution is 2.40. The molecule has 4 rings (SSSR count). The minimum atomic E-state index is -0.556. The maximum atomic E-state index is 6.04. The van der Waals surface area contributed by atoms with Crippen molar-refractivity contribution in [2.75, 3.05) is 25.5 Å². The maximum absolute atomic E-state index is 6.04. The van der Waals surface area contributed by atoms with Crippen LogP contribution >= 0.6 is 0 Å². The molecule has 0 aliphatic carbocycles. The Balaban J connectivity index is 1.77. The predicted octanol–water partition coefficient (Wildman–Crippen LogP) is 2.84. The van der Waals surface area contributed by atoms with E-state index in [1.54, 1.807) is 12.4 Å². The summed E-state index contributed by atoms with van der Waals surface area (Å²) in [5.41, 5.74) is 2.49. The van der Waals surface area contributed by atoms with E-state index >= 15 is 0 Å². The Labute approximate surface area is 146 Å². The third kappa shape index (κ3) is 2.78. The van der Waals surface area contributed by atoms with Gasteiger partial charge in [0, 0.05) is 38.7 Å². The van der Waals surface area contributed by atoms with Crippen LogP contribution in [0.3, 0.4) is 0 Å². The van der Waals surface area contributed by atoms with E-state index in [2.05, 4.69) is 44.3 Å². The largest absolute Gasteiger partial charge is 0.418 e. The first-order valence-electron chi connectivity index (χ1n) is 8.40. The SMILES string of the molecule is CN(C)c1cccc(C2(c3nnc(-c4cccnc4)o3)CCC[N]2)c1. The molecule has 1 unspecified atom stereocenters. The third-order valence-electron chi connectivity index (χ3n) is 4.61. The lowest BCUT2D eigenvalue weighted by Gasteiger charge is -2.26. The summed E-state index contributed by atoms with van der Waals surface area (Å²) in [4.78, 5) is 6.20. The Bertz CT molecular complexity index is 853. The third-order valence-corrected chi connectivity index (χ3v) is 4.61. The summed E-state index contributed by atoms with van der Waals surface area (Å²) >= 11 is 0. The molecule has 127 valence electrons. The molecule has 2 aromatic heterocycles. The van der Waals surface area contributed by atoms with Gasteiger partial charge in [-0.1, -0.05) is 12.1 Å². The van der Waals surface area contributed by atoms with E-state index in [1.807, 2.05) is 26.2 Å². The van der Waals surface area contributed by atoms with Gasteiger partial charge in [0.1, 0.15) is 5.54 Å². The monoisotopic (exact) mass is 334 g/mol. The molecule has 3 aromatic rings. The van der Waals surface area contributed by atoms with Gasteiger partial charge in [-0.05, 0) is 42.7 Å². The lowest BCUT2D eigenvalue weighted by molar-refractivity contribution is 0.345. The Morgan fingerprint density at radius 1 is 1.12 bits per heavy atom. The van der Waals surface area contributed by atoms with Gasteiger partial charge in [-0.2, -0.15) is 0 Å². The molecule has 6 nitrogen and oxygen atoms in total. The second-order valence-corrected chi connectivity index (χ2v) is 6.44. The lowest BCUT2D eigenvalue weighted by atomic mass is 9.88. The average molecular weight is 334 g/mol. The zero-order chi connectivity index (χ0) is 17.3. The van der Waals surface area contributed by atoms with Crippen LogP contribution < -0.4 is 10.2 Å². The number of aromatic nitrogens is 3. The van der Waals surface area contributed by atoms with E-state index in [4.69, 9.17) is 9.73 Å². The van der Waals surface area contributed by atoms with Crippen LogP contribution in [0.1, 0.15) is 24.3 Å². The normalized spacial score (nSPS) is 19.9. The molecule has 1 radical (unpaired) electrons. The van der Waals surface area contributed by atoms with Crippen molar-refractivity contribution in [3.8, 4) is 11.5 Å². The molecule has 0 amide bonds. The van der Waals surface area contributed by atoms with E-state index in [9.17, 15) is 0 Å². The van der Waals surface area contributed by atoms with Gasteiger partial charge in [0.2, 0.25) is 11.8 Å². The maximum Gasteiger partial charge on any atom is 0.249 e. The summed E-state index contributed by atoms with van der Waals surface area (Å²) in [6, 6.07) is 12.2. The van der Waals surface area contributed by atoms with Crippen molar-refractivity contribution in [1.82, 2.24) is 20.5 Å². The van der Waals surface area contributed by atoms with Crippen molar-refractivity contribution in [3.05, 3.63) is 60.2 Å². The molecular formula is C19H20N5O. The zero-order valence-electron chi connectivity index (χ0n) is 14.4. The van der Waals surface area contributed by atoms with Crippen molar-refractivity contribution in [2.24, 2.45) is 0 Å². The number of hydrogen-bond donors (Lipinski definition) is 0. The van der Waals surface area contributed by atoms with Crippen LogP contribution in [0.4, 0.5) is 5.69 Å². The summed E-state index contributed by atoms with van der Waals surface area (Å²) in [5, 5.41) is 13.5. The van der Waals surface area contributed by atoms with Crippen LogP contribution in [-0.4, -0.2) is 35.8 Å². The summed E-state index contributed by atoms with van der Waals surface area (Å²) < 4.78 is 6.04. The topological polar surface area (TPSA) is 69.2 Å². The number of anilines is 1. The van der Waals surface area contributed by atoms with Crippen LogP contribution in [0.25, 0.3) is 11.5 Å².